The number of aromatic nitrogens is 1. The van der Waals surface area contributed by atoms with Crippen molar-refractivity contribution in [2.75, 3.05) is 26.7 Å². The largest absolute Gasteiger partial charge is 0.343 e. The van der Waals surface area contributed by atoms with Gasteiger partial charge in [-0.2, -0.15) is 0 Å². The van der Waals surface area contributed by atoms with E-state index in [2.05, 4.69) is 5.32 Å². The van der Waals surface area contributed by atoms with Crippen LogP contribution in [0, 0.1) is 19.8 Å². The highest BCUT2D eigenvalue weighted by molar-refractivity contribution is 7.09. The minimum Gasteiger partial charge on any atom is -0.343 e. The lowest BCUT2D eigenvalue weighted by molar-refractivity contribution is -0.132. The van der Waals surface area contributed by atoms with Gasteiger partial charge in [0.1, 0.15) is 0 Å². The Morgan fingerprint density at radius 1 is 1.33 bits per heavy atom. The van der Waals surface area contributed by atoms with Crippen molar-refractivity contribution in [3.63, 3.8) is 0 Å². The van der Waals surface area contributed by atoms with Crippen molar-refractivity contribution in [3.8, 4) is 0 Å². The van der Waals surface area contributed by atoms with Gasteiger partial charge in [-0.3, -0.25) is 9.59 Å². The summed E-state index contributed by atoms with van der Waals surface area (Å²) < 4.78 is 1.73. The van der Waals surface area contributed by atoms with Crippen molar-refractivity contribution in [1.82, 2.24) is 14.8 Å². The lowest BCUT2D eigenvalue weighted by Gasteiger charge is -2.32. The van der Waals surface area contributed by atoms with Crippen molar-refractivity contribution in [2.45, 2.75) is 39.7 Å². The Morgan fingerprint density at radius 2 is 2.00 bits per heavy atom. The first-order valence-corrected chi connectivity index (χ1v) is 8.43. The molecule has 0 aromatic carbocycles. The molecule has 21 heavy (non-hydrogen) atoms. The Kier molecular flexibility index (Phi) is 5.58. The molecule has 1 aromatic rings. The summed E-state index contributed by atoms with van der Waals surface area (Å²) in [5.41, 5.74) is 0.991. The fourth-order valence-corrected chi connectivity index (χ4v) is 3.74. The van der Waals surface area contributed by atoms with E-state index in [0.29, 0.717) is 18.9 Å². The number of piperidine rings is 1. The quantitative estimate of drug-likeness (QED) is 0.894. The summed E-state index contributed by atoms with van der Waals surface area (Å²) in [4.78, 5) is 27.1. The average Bonchev–Trinajstić information content (AvgIpc) is 2.71. The molecule has 2 rings (SSSR count). The fraction of sp³-hybridized carbons (Fsp3) is 0.733. The van der Waals surface area contributed by atoms with E-state index in [0.717, 1.165) is 43.0 Å². The van der Waals surface area contributed by atoms with E-state index in [1.165, 1.54) is 11.3 Å². The summed E-state index contributed by atoms with van der Waals surface area (Å²) in [6, 6.07) is 0. The second kappa shape index (κ2) is 7.22. The van der Waals surface area contributed by atoms with Crippen LogP contribution in [0.25, 0.3) is 0 Å². The summed E-state index contributed by atoms with van der Waals surface area (Å²) >= 11 is 1.26. The number of rotatable bonds is 5. The number of hydrogen-bond acceptors (Lipinski definition) is 4. The second-order valence-corrected chi connectivity index (χ2v) is 6.96. The van der Waals surface area contributed by atoms with Gasteiger partial charge in [0.15, 0.2) is 0 Å². The van der Waals surface area contributed by atoms with Crippen LogP contribution in [-0.4, -0.2) is 42.1 Å². The van der Waals surface area contributed by atoms with Gasteiger partial charge in [0, 0.05) is 36.6 Å². The first kappa shape index (κ1) is 16.2. The molecule has 1 fully saturated rings. The van der Waals surface area contributed by atoms with Crippen molar-refractivity contribution >= 4 is 17.2 Å². The van der Waals surface area contributed by atoms with Crippen LogP contribution < -0.4 is 10.2 Å². The third kappa shape index (κ3) is 3.95. The zero-order valence-corrected chi connectivity index (χ0v) is 14.0. The van der Waals surface area contributed by atoms with Crippen LogP contribution in [-0.2, 0) is 11.3 Å². The van der Waals surface area contributed by atoms with E-state index in [1.54, 1.807) is 4.57 Å². The molecule has 5 nitrogen and oxygen atoms in total. The highest BCUT2D eigenvalue weighted by Crippen LogP contribution is 2.17. The zero-order chi connectivity index (χ0) is 15.4. The molecule has 0 unspecified atom stereocenters. The standard InChI is InChI=1S/C15H25N3O2S/c1-11-12(2)21-15(20)18(11)9-6-14(19)17-7-4-13(5-8-17)10-16-3/h13,16H,4-10H2,1-3H3. The summed E-state index contributed by atoms with van der Waals surface area (Å²) in [5, 5.41) is 3.20. The molecule has 0 bridgehead atoms. The van der Waals surface area contributed by atoms with Crippen molar-refractivity contribution in [1.29, 1.82) is 0 Å². The number of thiazole rings is 1. The third-order valence-electron chi connectivity index (χ3n) is 4.38. The van der Waals surface area contributed by atoms with E-state index in [-0.39, 0.29) is 10.8 Å². The molecule has 0 radical (unpaired) electrons. The molecule has 0 atom stereocenters. The maximum atomic E-state index is 12.3. The Balaban J connectivity index is 1.84. The van der Waals surface area contributed by atoms with Crippen LogP contribution in [0.2, 0.25) is 0 Å². The predicted octanol–water partition coefficient (Wildman–Crippen LogP) is 1.37. The van der Waals surface area contributed by atoms with Crippen molar-refractivity contribution in [2.24, 2.45) is 5.92 Å². The maximum Gasteiger partial charge on any atom is 0.307 e. The minimum absolute atomic E-state index is 0.0468. The summed E-state index contributed by atoms with van der Waals surface area (Å²) in [7, 11) is 1.97. The van der Waals surface area contributed by atoms with Crippen LogP contribution in [0.5, 0.6) is 0 Å². The molecule has 0 aliphatic carbocycles. The molecule has 6 heteroatoms. The zero-order valence-electron chi connectivity index (χ0n) is 13.1. The number of aryl methyl sites for hydroxylation is 1. The second-order valence-electron chi connectivity index (χ2n) is 5.79. The van der Waals surface area contributed by atoms with Gasteiger partial charge in [0.05, 0.1) is 0 Å². The maximum absolute atomic E-state index is 12.3. The van der Waals surface area contributed by atoms with E-state index in [4.69, 9.17) is 0 Å². The van der Waals surface area contributed by atoms with Gasteiger partial charge in [-0.05, 0) is 46.2 Å². The van der Waals surface area contributed by atoms with Gasteiger partial charge in [0.2, 0.25) is 5.91 Å². The molecule has 1 amide bonds. The fourth-order valence-electron chi connectivity index (χ4n) is 2.89. The average molecular weight is 311 g/mol. The molecular formula is C15H25N3O2S. The number of hydrogen-bond donors (Lipinski definition) is 1. The smallest absolute Gasteiger partial charge is 0.307 e. The molecule has 0 spiro atoms. The van der Waals surface area contributed by atoms with Gasteiger partial charge in [-0.15, -0.1) is 0 Å². The SMILES string of the molecule is CNCC1CCN(C(=O)CCn2c(C)c(C)sc2=O)CC1. The highest BCUT2D eigenvalue weighted by atomic mass is 32.1. The van der Waals surface area contributed by atoms with E-state index < -0.39 is 0 Å². The lowest BCUT2D eigenvalue weighted by atomic mass is 9.96. The van der Waals surface area contributed by atoms with Gasteiger partial charge in [-0.25, -0.2) is 0 Å². The number of amides is 1. The molecule has 1 N–H and O–H groups in total. The highest BCUT2D eigenvalue weighted by Gasteiger charge is 2.22. The third-order valence-corrected chi connectivity index (χ3v) is 5.38. The summed E-state index contributed by atoms with van der Waals surface area (Å²) in [5.74, 6) is 0.858. The van der Waals surface area contributed by atoms with Crippen LogP contribution >= 0.6 is 11.3 Å². The molecule has 2 heterocycles. The van der Waals surface area contributed by atoms with Gasteiger partial charge >= 0.3 is 4.87 Å². The monoisotopic (exact) mass is 311 g/mol. The van der Waals surface area contributed by atoms with E-state index >= 15 is 0 Å². The molecule has 118 valence electrons. The number of nitrogens with zero attached hydrogens (tertiary/aromatic N) is 2. The Hall–Kier alpha value is -1.14. The molecule has 1 aliphatic heterocycles. The molecule has 1 aliphatic rings. The van der Waals surface area contributed by atoms with Gasteiger partial charge < -0.3 is 14.8 Å². The molecule has 1 aromatic heterocycles. The predicted molar refractivity (Wildman–Crippen MR) is 85.9 cm³/mol. The normalized spacial score (nSPS) is 16.4. The molecule has 0 saturated carbocycles. The van der Waals surface area contributed by atoms with Crippen LogP contribution in [0.1, 0.15) is 29.8 Å². The van der Waals surface area contributed by atoms with Crippen molar-refractivity contribution in [3.05, 3.63) is 20.2 Å². The molecular weight excluding hydrogens is 286 g/mol. The summed E-state index contributed by atoms with van der Waals surface area (Å²) in [6.07, 6.45) is 2.57. The Morgan fingerprint density at radius 3 is 2.52 bits per heavy atom. The van der Waals surface area contributed by atoms with E-state index in [1.807, 2.05) is 25.8 Å². The number of carbonyl (C=O) groups is 1. The minimum atomic E-state index is 0.0468. The Labute approximate surface area is 130 Å². The van der Waals surface area contributed by atoms with Crippen molar-refractivity contribution < 1.29 is 4.79 Å². The number of nitrogens with one attached hydrogen (secondary N) is 1. The lowest BCUT2D eigenvalue weighted by Crippen LogP contribution is -2.40. The van der Waals surface area contributed by atoms with Gasteiger partial charge in [0.25, 0.3) is 0 Å². The Bertz CT molecular complexity index is 542. The van der Waals surface area contributed by atoms with E-state index in [9.17, 15) is 9.59 Å². The first-order chi connectivity index (χ1) is 10.0. The molecule has 1 saturated heterocycles. The first-order valence-electron chi connectivity index (χ1n) is 7.62. The van der Waals surface area contributed by atoms with Crippen LogP contribution in [0.4, 0.5) is 0 Å². The number of likely N-dealkylation sites (tertiary alicyclic amines) is 1. The summed E-state index contributed by atoms with van der Waals surface area (Å²) in [6.45, 7) is 7.13. The van der Waals surface area contributed by atoms with Gasteiger partial charge in [-0.1, -0.05) is 11.3 Å². The van der Waals surface area contributed by atoms with Crippen LogP contribution in [0.3, 0.4) is 0 Å². The van der Waals surface area contributed by atoms with Crippen LogP contribution in [0.15, 0.2) is 4.79 Å². The topological polar surface area (TPSA) is 54.3 Å². The number of carbonyl (C=O) groups excluding carboxylic acids is 1.